The first-order valence-electron chi connectivity index (χ1n) is 13.8. The van der Waals surface area contributed by atoms with E-state index in [0.717, 1.165) is 57.8 Å². The fraction of sp³-hybridized carbons (Fsp3) is 0.182. The van der Waals surface area contributed by atoms with Crippen molar-refractivity contribution in [1.82, 2.24) is 9.78 Å². The van der Waals surface area contributed by atoms with Crippen LogP contribution in [-0.2, 0) is 6.42 Å². The zero-order chi connectivity index (χ0) is 27.1. The summed E-state index contributed by atoms with van der Waals surface area (Å²) in [5.74, 6) is 3.00. The fourth-order valence-electron chi connectivity index (χ4n) is 5.54. The van der Waals surface area contributed by atoms with Crippen LogP contribution in [0, 0.1) is 6.92 Å². The topological polar surface area (TPSA) is 71.0 Å². The van der Waals surface area contributed by atoms with Gasteiger partial charge in [0, 0.05) is 5.69 Å². The number of unbranched alkanes of at least 4 members (excludes halogenated alkanes) is 1. The van der Waals surface area contributed by atoms with E-state index in [-0.39, 0.29) is 6.04 Å². The van der Waals surface area contributed by atoms with Crippen molar-refractivity contribution in [3.63, 3.8) is 0 Å². The van der Waals surface area contributed by atoms with Gasteiger partial charge in [-0.15, -0.1) is 0 Å². The van der Waals surface area contributed by atoms with E-state index < -0.39 is 0 Å². The highest BCUT2D eigenvalue weighted by Gasteiger charge is 2.42. The van der Waals surface area contributed by atoms with Crippen molar-refractivity contribution in [3.8, 4) is 5.69 Å². The monoisotopic (exact) mass is 526 g/mol. The molecule has 0 spiro atoms. The van der Waals surface area contributed by atoms with Gasteiger partial charge in [-0.2, -0.15) is 5.10 Å². The number of furan rings is 1. The summed E-state index contributed by atoms with van der Waals surface area (Å²) in [6.45, 7) is 4.26. The summed E-state index contributed by atoms with van der Waals surface area (Å²) in [5, 5.41) is 8.54. The summed E-state index contributed by atoms with van der Waals surface area (Å²) in [5.41, 5.74) is 7.02. The maximum atomic E-state index is 6.07. The van der Waals surface area contributed by atoms with Crippen molar-refractivity contribution in [3.05, 3.63) is 120 Å². The predicted molar refractivity (Wildman–Crippen MR) is 161 cm³/mol. The SMILES string of the molecule is CCCCc1ccc(NC2=Nc3ccccc3N3C2=Nc2c(c(C)nn2-c2ccccc2)[C@@H]3c2ccco2)cc1. The largest absolute Gasteiger partial charge is 0.467 e. The van der Waals surface area contributed by atoms with E-state index in [1.165, 1.54) is 18.4 Å². The molecule has 198 valence electrons. The van der Waals surface area contributed by atoms with Crippen molar-refractivity contribution in [2.75, 3.05) is 10.2 Å². The van der Waals surface area contributed by atoms with Gasteiger partial charge in [0.1, 0.15) is 11.8 Å². The van der Waals surface area contributed by atoms with Gasteiger partial charge in [0.2, 0.25) is 0 Å². The van der Waals surface area contributed by atoms with Gasteiger partial charge in [0.05, 0.1) is 34.6 Å². The molecule has 40 heavy (non-hydrogen) atoms. The fourth-order valence-corrected chi connectivity index (χ4v) is 5.54. The third-order valence-electron chi connectivity index (χ3n) is 7.49. The van der Waals surface area contributed by atoms with E-state index >= 15 is 0 Å². The number of para-hydroxylation sites is 3. The highest BCUT2D eigenvalue weighted by Crippen LogP contribution is 2.48. The van der Waals surface area contributed by atoms with Crippen molar-refractivity contribution in [2.45, 2.75) is 39.2 Å². The Morgan fingerprint density at radius 1 is 0.875 bits per heavy atom. The maximum Gasteiger partial charge on any atom is 0.179 e. The van der Waals surface area contributed by atoms with E-state index in [9.17, 15) is 0 Å². The molecule has 2 aliphatic heterocycles. The quantitative estimate of drug-likeness (QED) is 0.244. The third-order valence-corrected chi connectivity index (χ3v) is 7.49. The minimum atomic E-state index is -0.264. The van der Waals surface area contributed by atoms with Gasteiger partial charge in [0.25, 0.3) is 0 Å². The van der Waals surface area contributed by atoms with Gasteiger partial charge in [0.15, 0.2) is 17.5 Å². The standard InChI is InChI=1S/C33H30N6O/c1-3-4-11-23-17-19-24(20-18-23)34-31-33-36-32-29(22(2)37-39(32)25-12-6-5-7-13-25)30(28-16-10-21-40-28)38(33)27-15-9-8-14-26(27)35-31/h5-10,12-21,30H,3-4,11H2,1-2H3,(H,34,35)/t30-/m0/s1. The maximum absolute atomic E-state index is 6.07. The highest BCUT2D eigenvalue weighted by molar-refractivity contribution is 6.51. The van der Waals surface area contributed by atoms with Crippen LogP contribution in [0.5, 0.6) is 0 Å². The van der Waals surface area contributed by atoms with Crippen molar-refractivity contribution in [2.24, 2.45) is 9.98 Å². The summed E-state index contributed by atoms with van der Waals surface area (Å²) in [6, 6.07) is 30.6. The lowest BCUT2D eigenvalue weighted by Crippen LogP contribution is -2.46. The molecule has 0 bridgehead atoms. The van der Waals surface area contributed by atoms with E-state index in [1.54, 1.807) is 6.26 Å². The normalized spacial score (nSPS) is 15.6. The first-order chi connectivity index (χ1) is 19.7. The second-order valence-corrected chi connectivity index (χ2v) is 10.2. The average Bonchev–Trinajstić information content (AvgIpc) is 3.65. The number of nitrogens with one attached hydrogen (secondary N) is 1. The lowest BCUT2D eigenvalue weighted by Gasteiger charge is -2.39. The molecule has 0 saturated heterocycles. The number of fused-ring (bicyclic) bond motifs is 4. The molecule has 0 saturated carbocycles. The van der Waals surface area contributed by atoms with Crippen molar-refractivity contribution in [1.29, 1.82) is 0 Å². The van der Waals surface area contributed by atoms with Crippen LogP contribution in [0.15, 0.2) is 112 Å². The lowest BCUT2D eigenvalue weighted by atomic mass is 9.98. The van der Waals surface area contributed by atoms with Crippen LogP contribution in [0.25, 0.3) is 5.69 Å². The number of aliphatic imine (C=N–C) groups is 2. The number of hydrogen-bond donors (Lipinski definition) is 1. The van der Waals surface area contributed by atoms with Gasteiger partial charge >= 0.3 is 0 Å². The average molecular weight is 527 g/mol. The number of rotatable bonds is 6. The lowest BCUT2D eigenvalue weighted by molar-refractivity contribution is 0.487. The van der Waals surface area contributed by atoms with Crippen molar-refractivity contribution >= 4 is 34.6 Å². The van der Waals surface area contributed by atoms with Gasteiger partial charge < -0.3 is 14.6 Å². The van der Waals surface area contributed by atoms with Crippen molar-refractivity contribution < 1.29 is 4.42 Å². The Bertz CT molecular complexity index is 1710. The van der Waals surface area contributed by atoms with Crippen LogP contribution in [0.4, 0.5) is 22.9 Å². The summed E-state index contributed by atoms with van der Waals surface area (Å²) in [4.78, 5) is 12.6. The van der Waals surface area contributed by atoms with Crippen LogP contribution in [0.3, 0.4) is 0 Å². The number of aryl methyl sites for hydroxylation is 2. The first kappa shape index (κ1) is 24.2. The zero-order valence-corrected chi connectivity index (χ0v) is 22.6. The molecule has 2 aliphatic rings. The van der Waals surface area contributed by atoms with E-state index in [4.69, 9.17) is 19.5 Å². The Morgan fingerprint density at radius 3 is 2.45 bits per heavy atom. The molecule has 3 aromatic carbocycles. The first-order valence-corrected chi connectivity index (χ1v) is 13.8. The molecular weight excluding hydrogens is 496 g/mol. The molecule has 2 aromatic heterocycles. The van der Waals surface area contributed by atoms with Crippen LogP contribution in [0.1, 0.15) is 48.4 Å². The minimum absolute atomic E-state index is 0.264. The molecule has 5 aromatic rings. The van der Waals surface area contributed by atoms with Gasteiger partial charge in [-0.25, -0.2) is 14.7 Å². The molecule has 7 nitrogen and oxygen atoms in total. The summed E-state index contributed by atoms with van der Waals surface area (Å²) in [6.07, 6.45) is 5.18. The van der Waals surface area contributed by atoms with Crippen LogP contribution >= 0.6 is 0 Å². The second kappa shape index (κ2) is 10.0. The van der Waals surface area contributed by atoms with Crippen LogP contribution in [0.2, 0.25) is 0 Å². The molecule has 0 radical (unpaired) electrons. The Labute approximate surface area is 233 Å². The summed E-state index contributed by atoms with van der Waals surface area (Å²) >= 11 is 0. The predicted octanol–water partition coefficient (Wildman–Crippen LogP) is 7.91. The molecule has 0 aliphatic carbocycles. The molecule has 7 rings (SSSR count). The van der Waals surface area contributed by atoms with E-state index in [0.29, 0.717) is 5.84 Å². The van der Waals surface area contributed by atoms with E-state index in [2.05, 4.69) is 47.5 Å². The van der Waals surface area contributed by atoms with Crippen LogP contribution in [-0.4, -0.2) is 21.5 Å². The van der Waals surface area contributed by atoms with E-state index in [1.807, 2.05) is 72.3 Å². The molecular formula is C33H30N6O. The zero-order valence-electron chi connectivity index (χ0n) is 22.6. The Hall–Kier alpha value is -4.91. The van der Waals surface area contributed by atoms with Gasteiger partial charge in [-0.3, -0.25) is 0 Å². The molecule has 1 atom stereocenters. The third kappa shape index (κ3) is 4.11. The number of benzene rings is 3. The summed E-state index contributed by atoms with van der Waals surface area (Å²) in [7, 11) is 0. The molecule has 4 heterocycles. The molecule has 0 fully saturated rings. The minimum Gasteiger partial charge on any atom is -0.467 e. The van der Waals surface area contributed by atoms with Gasteiger partial charge in [-0.1, -0.05) is 55.8 Å². The number of amidine groups is 2. The molecule has 1 N–H and O–H groups in total. The number of nitrogens with zero attached hydrogens (tertiary/aromatic N) is 5. The second-order valence-electron chi connectivity index (χ2n) is 10.2. The summed E-state index contributed by atoms with van der Waals surface area (Å²) < 4.78 is 7.99. The Kier molecular flexibility index (Phi) is 6.04. The molecule has 0 unspecified atom stereocenters. The number of anilines is 2. The Morgan fingerprint density at radius 2 is 1.68 bits per heavy atom. The smallest absolute Gasteiger partial charge is 0.179 e. The Balaban J connectivity index is 1.40. The number of aromatic nitrogens is 2. The molecule has 7 heteroatoms. The van der Waals surface area contributed by atoms with Crippen LogP contribution < -0.4 is 10.2 Å². The molecule has 0 amide bonds. The van der Waals surface area contributed by atoms with Gasteiger partial charge in [-0.05, 0) is 73.9 Å². The number of hydrogen-bond acceptors (Lipinski definition) is 6. The highest BCUT2D eigenvalue weighted by atomic mass is 16.3.